The molecule has 0 radical (unpaired) electrons. The summed E-state index contributed by atoms with van der Waals surface area (Å²) in [5.74, 6) is 3.82. The van der Waals surface area contributed by atoms with Crippen molar-refractivity contribution < 1.29 is 9.47 Å². The summed E-state index contributed by atoms with van der Waals surface area (Å²) in [4.78, 5) is 10.9. The number of hydrogen-bond acceptors (Lipinski definition) is 7. The third kappa shape index (κ3) is 5.98. The van der Waals surface area contributed by atoms with Crippen LogP contribution in [-0.4, -0.2) is 50.9 Å². The number of aromatic nitrogens is 2. The van der Waals surface area contributed by atoms with Crippen LogP contribution in [-0.2, 0) is 6.54 Å². The molecule has 2 N–H and O–H groups in total. The van der Waals surface area contributed by atoms with Gasteiger partial charge in [-0.3, -0.25) is 0 Å². The Morgan fingerprint density at radius 2 is 1.90 bits per heavy atom. The molecule has 30 heavy (non-hydrogen) atoms. The molecule has 0 unspecified atom stereocenters. The van der Waals surface area contributed by atoms with Gasteiger partial charge in [0, 0.05) is 32.9 Å². The van der Waals surface area contributed by atoms with E-state index in [2.05, 4.69) is 42.6 Å². The molecule has 0 saturated heterocycles. The van der Waals surface area contributed by atoms with E-state index in [-0.39, 0.29) is 0 Å². The van der Waals surface area contributed by atoms with Crippen molar-refractivity contribution in [1.29, 1.82) is 0 Å². The van der Waals surface area contributed by atoms with Crippen molar-refractivity contribution in [3.05, 3.63) is 34.4 Å². The average Bonchev–Trinajstić information content (AvgIpc) is 2.74. The minimum Gasteiger partial charge on any atom is -0.493 e. The standard InChI is InChI=1S/C22H32BrN5O2/c1-28(2)20-9-10-25-22(27-20)26-17-7-5-15(6-8-17)13-24-14-16-11-18(23)21(30-4)19(12-16)29-3/h9-12,15,17,24H,5-8,13-14H2,1-4H3,(H,25,26,27)/t15-,17+. The highest BCUT2D eigenvalue weighted by molar-refractivity contribution is 9.10. The zero-order valence-corrected chi connectivity index (χ0v) is 19.8. The lowest BCUT2D eigenvalue weighted by Gasteiger charge is -2.29. The lowest BCUT2D eigenvalue weighted by molar-refractivity contribution is 0.323. The van der Waals surface area contributed by atoms with E-state index in [9.17, 15) is 0 Å². The molecular formula is C22H32BrN5O2. The van der Waals surface area contributed by atoms with Crippen molar-refractivity contribution in [3.8, 4) is 11.5 Å². The number of ether oxygens (including phenoxy) is 2. The Morgan fingerprint density at radius 3 is 2.57 bits per heavy atom. The van der Waals surface area contributed by atoms with E-state index in [1.807, 2.05) is 37.3 Å². The van der Waals surface area contributed by atoms with Gasteiger partial charge < -0.3 is 25.0 Å². The first-order valence-corrected chi connectivity index (χ1v) is 11.2. The van der Waals surface area contributed by atoms with Crippen LogP contribution in [0.25, 0.3) is 0 Å². The van der Waals surface area contributed by atoms with Crippen molar-refractivity contribution >= 4 is 27.7 Å². The minimum absolute atomic E-state index is 0.445. The quantitative estimate of drug-likeness (QED) is 0.563. The van der Waals surface area contributed by atoms with Crippen molar-refractivity contribution in [3.63, 3.8) is 0 Å². The van der Waals surface area contributed by atoms with Crippen molar-refractivity contribution in [2.75, 3.05) is 45.1 Å². The Hall–Kier alpha value is -2.06. The highest BCUT2D eigenvalue weighted by Gasteiger charge is 2.21. The predicted molar refractivity (Wildman–Crippen MR) is 125 cm³/mol. The maximum atomic E-state index is 5.43. The summed E-state index contributed by atoms with van der Waals surface area (Å²) >= 11 is 3.56. The number of benzene rings is 1. The number of nitrogens with zero attached hydrogens (tertiary/aromatic N) is 3. The molecule has 1 aliphatic carbocycles. The summed E-state index contributed by atoms with van der Waals surface area (Å²) in [5, 5.41) is 7.11. The van der Waals surface area contributed by atoms with E-state index in [0.717, 1.165) is 53.7 Å². The fraction of sp³-hybridized carbons (Fsp3) is 0.545. The van der Waals surface area contributed by atoms with Gasteiger partial charge in [-0.15, -0.1) is 0 Å². The molecule has 0 atom stereocenters. The number of rotatable bonds is 9. The zero-order valence-electron chi connectivity index (χ0n) is 18.2. The van der Waals surface area contributed by atoms with Crippen LogP contribution in [0.15, 0.2) is 28.9 Å². The summed E-state index contributed by atoms with van der Waals surface area (Å²) < 4.78 is 11.7. The molecule has 7 nitrogen and oxygen atoms in total. The van der Waals surface area contributed by atoms with E-state index in [4.69, 9.17) is 9.47 Å². The van der Waals surface area contributed by atoms with E-state index in [1.54, 1.807) is 14.2 Å². The van der Waals surface area contributed by atoms with Gasteiger partial charge in [-0.05, 0) is 77.8 Å². The first kappa shape index (κ1) is 22.6. The molecule has 3 rings (SSSR count). The van der Waals surface area contributed by atoms with Crippen molar-refractivity contribution in [2.45, 2.75) is 38.3 Å². The minimum atomic E-state index is 0.445. The monoisotopic (exact) mass is 477 g/mol. The maximum absolute atomic E-state index is 5.43. The van der Waals surface area contributed by atoms with Gasteiger partial charge in [-0.2, -0.15) is 4.98 Å². The molecule has 1 fully saturated rings. The van der Waals surface area contributed by atoms with Crippen LogP contribution in [0.3, 0.4) is 0 Å². The van der Waals surface area contributed by atoms with Crippen molar-refractivity contribution in [1.82, 2.24) is 15.3 Å². The van der Waals surface area contributed by atoms with Gasteiger partial charge in [-0.25, -0.2) is 4.98 Å². The van der Waals surface area contributed by atoms with Gasteiger partial charge in [-0.1, -0.05) is 0 Å². The molecule has 1 aliphatic rings. The molecule has 0 amide bonds. The van der Waals surface area contributed by atoms with Crippen LogP contribution in [0.4, 0.5) is 11.8 Å². The second kappa shape index (κ2) is 10.8. The predicted octanol–water partition coefficient (Wildman–Crippen LogP) is 4.08. The van der Waals surface area contributed by atoms with E-state index >= 15 is 0 Å². The third-order valence-electron chi connectivity index (χ3n) is 5.53. The summed E-state index contributed by atoms with van der Waals surface area (Å²) in [6.45, 7) is 1.83. The summed E-state index contributed by atoms with van der Waals surface area (Å²) in [6.07, 6.45) is 6.50. The molecule has 164 valence electrons. The summed E-state index contributed by atoms with van der Waals surface area (Å²) in [5.41, 5.74) is 1.17. The van der Waals surface area contributed by atoms with Gasteiger partial charge in [0.15, 0.2) is 11.5 Å². The fourth-order valence-electron chi connectivity index (χ4n) is 3.86. The van der Waals surface area contributed by atoms with Gasteiger partial charge in [0.25, 0.3) is 0 Å². The SMILES string of the molecule is COc1cc(CNC[C@H]2CC[C@@H](Nc3nccc(N(C)C)n3)CC2)cc(Br)c1OC. The Balaban J connectivity index is 1.43. The molecule has 1 aromatic heterocycles. The Morgan fingerprint density at radius 1 is 1.13 bits per heavy atom. The second-order valence-electron chi connectivity index (χ2n) is 7.94. The number of methoxy groups -OCH3 is 2. The zero-order chi connectivity index (χ0) is 21.5. The van der Waals surface area contributed by atoms with Crippen LogP contribution in [0.5, 0.6) is 11.5 Å². The van der Waals surface area contributed by atoms with Crippen LogP contribution in [0.1, 0.15) is 31.2 Å². The van der Waals surface area contributed by atoms with Gasteiger partial charge >= 0.3 is 0 Å². The molecule has 0 bridgehead atoms. The summed E-state index contributed by atoms with van der Waals surface area (Å²) in [6, 6.07) is 6.47. The number of anilines is 2. The van der Waals surface area contributed by atoms with E-state index < -0.39 is 0 Å². The smallest absolute Gasteiger partial charge is 0.224 e. The lowest BCUT2D eigenvalue weighted by Crippen LogP contribution is -2.31. The fourth-order valence-corrected chi connectivity index (χ4v) is 4.51. The topological polar surface area (TPSA) is 71.5 Å². The number of nitrogens with one attached hydrogen (secondary N) is 2. The third-order valence-corrected chi connectivity index (χ3v) is 6.12. The van der Waals surface area contributed by atoms with Crippen LogP contribution in [0, 0.1) is 5.92 Å². The first-order valence-electron chi connectivity index (χ1n) is 10.4. The van der Waals surface area contributed by atoms with Crippen LogP contribution in [0.2, 0.25) is 0 Å². The van der Waals surface area contributed by atoms with Crippen molar-refractivity contribution in [2.24, 2.45) is 5.92 Å². The molecule has 0 aliphatic heterocycles. The highest BCUT2D eigenvalue weighted by Crippen LogP contribution is 2.36. The highest BCUT2D eigenvalue weighted by atomic mass is 79.9. The normalized spacial score (nSPS) is 18.7. The molecule has 1 saturated carbocycles. The van der Waals surface area contributed by atoms with Gasteiger partial charge in [0.05, 0.1) is 18.7 Å². The first-order chi connectivity index (χ1) is 14.5. The molecule has 1 aromatic carbocycles. The molecule has 0 spiro atoms. The van der Waals surface area contributed by atoms with Crippen LogP contribution >= 0.6 is 15.9 Å². The Labute approximate surface area is 187 Å². The van der Waals surface area contributed by atoms with Gasteiger partial charge in [0.1, 0.15) is 5.82 Å². The second-order valence-corrected chi connectivity index (χ2v) is 8.79. The van der Waals surface area contributed by atoms with Crippen LogP contribution < -0.4 is 25.0 Å². The molecule has 8 heteroatoms. The maximum Gasteiger partial charge on any atom is 0.224 e. The largest absolute Gasteiger partial charge is 0.493 e. The Bertz CT molecular complexity index is 825. The summed E-state index contributed by atoms with van der Waals surface area (Å²) in [7, 11) is 7.29. The molecule has 1 heterocycles. The molecule has 2 aromatic rings. The molecular weight excluding hydrogens is 446 g/mol. The van der Waals surface area contributed by atoms with E-state index in [0.29, 0.717) is 12.0 Å². The number of halogens is 1. The lowest BCUT2D eigenvalue weighted by atomic mass is 9.86. The van der Waals surface area contributed by atoms with E-state index in [1.165, 1.54) is 18.4 Å². The average molecular weight is 478 g/mol. The van der Waals surface area contributed by atoms with Gasteiger partial charge in [0.2, 0.25) is 5.95 Å². The Kier molecular flexibility index (Phi) is 8.16. The number of hydrogen-bond donors (Lipinski definition) is 2.